The molecule has 0 aromatic heterocycles. The number of nitriles is 1. The van der Waals surface area contributed by atoms with Crippen molar-refractivity contribution in [2.75, 3.05) is 46.9 Å². The first-order valence-corrected chi connectivity index (χ1v) is 17.4. The third-order valence-electron chi connectivity index (χ3n) is 11.4. The summed E-state index contributed by atoms with van der Waals surface area (Å²) in [5.74, 6) is 0.837. The van der Waals surface area contributed by atoms with Crippen LogP contribution in [0.1, 0.15) is 64.2 Å². The molecule has 1 spiro atoms. The van der Waals surface area contributed by atoms with Gasteiger partial charge in [0.05, 0.1) is 43.5 Å². The average molecular weight is 615 g/mol. The van der Waals surface area contributed by atoms with E-state index in [1.807, 2.05) is 11.8 Å². The van der Waals surface area contributed by atoms with Gasteiger partial charge in [-0.15, -0.1) is 11.8 Å². The molecule has 6 rings (SSSR count). The second kappa shape index (κ2) is 13.5. The van der Waals surface area contributed by atoms with Crippen LogP contribution >= 0.6 is 11.8 Å². The molecule has 0 radical (unpaired) electrons. The van der Waals surface area contributed by atoms with Crippen molar-refractivity contribution in [3.63, 3.8) is 0 Å². The van der Waals surface area contributed by atoms with Crippen LogP contribution in [0.4, 0.5) is 0 Å². The summed E-state index contributed by atoms with van der Waals surface area (Å²) in [6, 6.07) is 2.09. The van der Waals surface area contributed by atoms with Gasteiger partial charge in [0.15, 0.2) is 12.1 Å². The van der Waals surface area contributed by atoms with Crippen molar-refractivity contribution in [1.29, 1.82) is 5.26 Å². The van der Waals surface area contributed by atoms with E-state index in [2.05, 4.69) is 40.1 Å². The normalized spacial score (nSPS) is 42.3. The van der Waals surface area contributed by atoms with E-state index in [9.17, 15) is 14.9 Å². The van der Waals surface area contributed by atoms with E-state index in [1.54, 1.807) is 12.0 Å². The number of carbonyl (C=O) groups excluding carboxylic acids is 2. The first-order chi connectivity index (χ1) is 20.9. The number of amides is 1. The molecule has 4 aliphatic heterocycles. The molecule has 6 fully saturated rings. The maximum Gasteiger partial charge on any atom is 0.246 e. The molecule has 43 heavy (non-hydrogen) atoms. The van der Waals surface area contributed by atoms with Gasteiger partial charge in [-0.3, -0.25) is 25.1 Å². The molecule has 10 nitrogen and oxygen atoms in total. The lowest BCUT2D eigenvalue weighted by Crippen LogP contribution is -2.76. The predicted octanol–water partition coefficient (Wildman–Crippen LogP) is 2.31. The van der Waals surface area contributed by atoms with Gasteiger partial charge < -0.3 is 19.3 Å². The molecule has 9 unspecified atom stereocenters. The van der Waals surface area contributed by atoms with Gasteiger partial charge in [0, 0.05) is 44.0 Å². The standard InChI is InChI=1S/C32H50N6O4S/c1-4-27(39)38-17-16-37(19-22(38)12-14-33)30-24-11-13-32(26(41-3)18-21-8-5-6-10-25(21)43-32)29(40)28(24)34-31(35-30)42-20-23-9-7-15-36(23)2/h4,21-26,28,30-31,34-35H,1,5-13,15-20H2,2-3H3/t21?,22?,23?,24?,25?,26?,28?,30?,31?,32-/m0/s1. The first kappa shape index (κ1) is 31.5. The van der Waals surface area contributed by atoms with Crippen LogP contribution in [0.2, 0.25) is 0 Å². The van der Waals surface area contributed by atoms with Crippen molar-refractivity contribution < 1.29 is 19.1 Å². The fourth-order valence-corrected chi connectivity index (χ4v) is 11.1. The highest BCUT2D eigenvalue weighted by Gasteiger charge is 2.61. The number of likely N-dealkylation sites (tertiary alicyclic amines) is 1. The summed E-state index contributed by atoms with van der Waals surface area (Å²) in [4.78, 5) is 33.9. The van der Waals surface area contributed by atoms with Gasteiger partial charge in [-0.1, -0.05) is 19.4 Å². The van der Waals surface area contributed by atoms with Gasteiger partial charge >= 0.3 is 0 Å². The van der Waals surface area contributed by atoms with E-state index in [0.29, 0.717) is 43.5 Å². The van der Waals surface area contributed by atoms with Crippen molar-refractivity contribution in [3.05, 3.63) is 12.7 Å². The minimum absolute atomic E-state index is 0.0544. The largest absolute Gasteiger partial charge is 0.380 e. The number of carbonyl (C=O) groups is 2. The number of ether oxygens (including phenoxy) is 2. The molecule has 0 bridgehead atoms. The Hall–Kier alpha value is -1.52. The summed E-state index contributed by atoms with van der Waals surface area (Å²) in [7, 11) is 3.94. The third kappa shape index (κ3) is 6.06. The van der Waals surface area contributed by atoms with Gasteiger partial charge in [0.25, 0.3) is 0 Å². The van der Waals surface area contributed by atoms with Crippen LogP contribution in [0, 0.1) is 23.2 Å². The molecule has 2 saturated carbocycles. The van der Waals surface area contributed by atoms with E-state index < -0.39 is 11.1 Å². The SMILES string of the molecule is C=CC(=O)N1CCN(C2NC(OCC3CCCN3C)NC3C(=O)[C@@]4(CCC32)SC2CCCCC2CC4OC)CC1CC#N. The highest BCUT2D eigenvalue weighted by Crippen LogP contribution is 2.55. The number of ketones is 1. The second-order valence-electron chi connectivity index (χ2n) is 13.6. The van der Waals surface area contributed by atoms with Crippen molar-refractivity contribution in [1.82, 2.24) is 25.3 Å². The molecule has 0 aromatic carbocycles. The van der Waals surface area contributed by atoms with Crippen LogP contribution in [-0.2, 0) is 19.1 Å². The molecule has 6 aliphatic rings. The molecule has 4 heterocycles. The molecule has 2 N–H and O–H groups in total. The van der Waals surface area contributed by atoms with Crippen LogP contribution < -0.4 is 10.6 Å². The molecule has 238 valence electrons. The monoisotopic (exact) mass is 614 g/mol. The number of Topliss-reactive ketones (excluding diaryl/α,β-unsaturated/α-hetero) is 1. The lowest BCUT2D eigenvalue weighted by atomic mass is 9.69. The second-order valence-corrected chi connectivity index (χ2v) is 15.2. The first-order valence-electron chi connectivity index (χ1n) is 16.5. The summed E-state index contributed by atoms with van der Waals surface area (Å²) in [5.41, 5.74) is 0. The van der Waals surface area contributed by atoms with Crippen LogP contribution in [0.25, 0.3) is 0 Å². The number of nitrogens with zero attached hydrogens (tertiary/aromatic N) is 4. The molecule has 4 saturated heterocycles. The number of likely N-dealkylation sites (N-methyl/N-ethyl adjacent to an activating group) is 1. The zero-order chi connectivity index (χ0) is 30.1. The maximum atomic E-state index is 14.8. The number of hydrogen-bond donors (Lipinski definition) is 2. The fourth-order valence-electron chi connectivity index (χ4n) is 8.98. The lowest BCUT2D eigenvalue weighted by molar-refractivity contribution is -0.149. The van der Waals surface area contributed by atoms with E-state index in [4.69, 9.17) is 9.47 Å². The van der Waals surface area contributed by atoms with Crippen LogP contribution in [-0.4, -0.2) is 120 Å². The molecule has 2 aliphatic carbocycles. The van der Waals surface area contributed by atoms with Crippen LogP contribution in [0.5, 0.6) is 0 Å². The Morgan fingerprint density at radius 2 is 2.00 bits per heavy atom. The van der Waals surface area contributed by atoms with Gasteiger partial charge in [-0.2, -0.15) is 5.26 Å². The number of fused-ring (bicyclic) bond motifs is 2. The fraction of sp³-hybridized carbons (Fsp3) is 0.844. The Balaban J connectivity index is 1.25. The van der Waals surface area contributed by atoms with E-state index >= 15 is 0 Å². The number of nitrogens with one attached hydrogen (secondary N) is 2. The summed E-state index contributed by atoms with van der Waals surface area (Å²) in [6.07, 6.45) is 10.9. The molecular weight excluding hydrogens is 564 g/mol. The molecule has 11 heteroatoms. The van der Waals surface area contributed by atoms with Crippen LogP contribution in [0.15, 0.2) is 12.7 Å². The molecule has 1 amide bonds. The zero-order valence-electron chi connectivity index (χ0n) is 25.9. The number of rotatable bonds is 7. The van der Waals surface area contributed by atoms with Gasteiger partial charge in [0.1, 0.15) is 4.75 Å². The Labute approximate surface area is 261 Å². The molecular formula is C32H50N6O4S. The third-order valence-corrected chi connectivity index (χ3v) is 13.4. The summed E-state index contributed by atoms with van der Waals surface area (Å²) < 4.78 is 12.1. The summed E-state index contributed by atoms with van der Waals surface area (Å²) in [6.45, 7) is 7.12. The van der Waals surface area contributed by atoms with Gasteiger partial charge in [-0.25, -0.2) is 0 Å². The van der Waals surface area contributed by atoms with Crippen molar-refractivity contribution >= 4 is 23.5 Å². The van der Waals surface area contributed by atoms with Crippen molar-refractivity contribution in [3.8, 4) is 6.07 Å². The summed E-state index contributed by atoms with van der Waals surface area (Å²) in [5, 5.41) is 17.5. The number of hydrogen-bond acceptors (Lipinski definition) is 10. The highest BCUT2D eigenvalue weighted by molar-refractivity contribution is 8.02. The topological polar surface area (TPSA) is 110 Å². The van der Waals surface area contributed by atoms with Gasteiger partial charge in [-0.05, 0) is 70.5 Å². The Morgan fingerprint density at radius 1 is 1.16 bits per heavy atom. The Kier molecular flexibility index (Phi) is 9.84. The zero-order valence-corrected chi connectivity index (χ0v) is 26.7. The van der Waals surface area contributed by atoms with Crippen molar-refractivity contribution in [2.24, 2.45) is 11.8 Å². The summed E-state index contributed by atoms with van der Waals surface area (Å²) >= 11 is 1.93. The number of methoxy groups -OCH3 is 1. The van der Waals surface area contributed by atoms with E-state index in [0.717, 1.165) is 32.2 Å². The van der Waals surface area contributed by atoms with Crippen molar-refractivity contribution in [2.45, 2.75) is 111 Å². The number of thioether (sulfide) groups is 1. The van der Waals surface area contributed by atoms with Gasteiger partial charge in [0.2, 0.25) is 5.91 Å². The van der Waals surface area contributed by atoms with E-state index in [1.165, 1.54) is 38.2 Å². The maximum absolute atomic E-state index is 14.8. The Bertz CT molecular complexity index is 1090. The molecule has 10 atom stereocenters. The molecule has 0 aromatic rings. The van der Waals surface area contributed by atoms with E-state index in [-0.39, 0.29) is 48.4 Å². The smallest absolute Gasteiger partial charge is 0.246 e. The minimum atomic E-state index is -0.530. The van der Waals surface area contributed by atoms with Crippen LogP contribution in [0.3, 0.4) is 0 Å². The lowest BCUT2D eigenvalue weighted by Gasteiger charge is -2.57. The average Bonchev–Trinajstić information content (AvgIpc) is 3.45. The number of piperazine rings is 1. The predicted molar refractivity (Wildman–Crippen MR) is 166 cm³/mol. The Morgan fingerprint density at radius 3 is 2.74 bits per heavy atom. The quantitative estimate of drug-likeness (QED) is 0.415. The minimum Gasteiger partial charge on any atom is -0.380 e. The highest BCUT2D eigenvalue weighted by atomic mass is 32.2.